The fourth-order valence-electron chi connectivity index (χ4n) is 6.68. The van der Waals surface area contributed by atoms with Crippen molar-refractivity contribution >= 4 is 5.91 Å². The van der Waals surface area contributed by atoms with Crippen molar-refractivity contribution in [3.8, 4) is 5.75 Å². The largest absolute Gasteiger partial charge is 0.491 e. The number of carbonyl (C=O) groups excluding carboxylic acids is 1. The lowest BCUT2D eigenvalue weighted by molar-refractivity contribution is 0.0310. The highest BCUT2D eigenvalue weighted by molar-refractivity contribution is 5.94. The van der Waals surface area contributed by atoms with E-state index in [2.05, 4.69) is 28.4 Å². The zero-order valence-corrected chi connectivity index (χ0v) is 21.0. The summed E-state index contributed by atoms with van der Waals surface area (Å²) in [4.78, 5) is 15.5. The molecule has 3 heterocycles. The van der Waals surface area contributed by atoms with Crippen LogP contribution in [-0.4, -0.2) is 59.5 Å². The summed E-state index contributed by atoms with van der Waals surface area (Å²) < 4.78 is 11.4. The standard InChI is InChI=1S/C30H38N2O4/c33-27-16-25-9-10-26(17-27)32(25)18-20-3-4-23-15-24(8-5-22(23)14-20)31-30(34)21-6-11-28(12-7-21)36-19-29-2-1-13-35-29/h3-4,6-7,11-12,14,24-27,29,33H,1-2,5,8-10,13,15-19H2,(H,31,34)/t24-,25?,26?,27?,29-/m0/s1. The third kappa shape index (κ3) is 5.31. The van der Waals surface area contributed by atoms with Crippen LogP contribution < -0.4 is 10.1 Å². The smallest absolute Gasteiger partial charge is 0.251 e. The normalized spacial score (nSPS) is 29.6. The molecule has 4 atom stereocenters. The molecule has 2 N–H and O–H groups in total. The quantitative estimate of drug-likeness (QED) is 0.614. The first-order valence-electron chi connectivity index (χ1n) is 13.8. The molecule has 0 aromatic heterocycles. The minimum atomic E-state index is -0.114. The molecule has 2 aromatic rings. The molecule has 4 aliphatic rings. The Labute approximate surface area is 214 Å². The van der Waals surface area contributed by atoms with Gasteiger partial charge in [-0.3, -0.25) is 9.69 Å². The lowest BCUT2D eigenvalue weighted by atomic mass is 9.87. The van der Waals surface area contributed by atoms with E-state index in [9.17, 15) is 9.90 Å². The second-order valence-electron chi connectivity index (χ2n) is 11.2. The van der Waals surface area contributed by atoms with E-state index >= 15 is 0 Å². The molecule has 0 spiro atoms. The number of hydrogen-bond acceptors (Lipinski definition) is 5. The van der Waals surface area contributed by atoms with Gasteiger partial charge in [0.1, 0.15) is 12.4 Å². The van der Waals surface area contributed by atoms with Gasteiger partial charge in [-0.15, -0.1) is 0 Å². The van der Waals surface area contributed by atoms with Crippen LogP contribution in [0.5, 0.6) is 5.75 Å². The number of rotatable bonds is 7. The maximum absolute atomic E-state index is 12.9. The van der Waals surface area contributed by atoms with E-state index in [1.807, 2.05) is 24.3 Å². The van der Waals surface area contributed by atoms with Gasteiger partial charge in [-0.2, -0.15) is 0 Å². The minimum Gasteiger partial charge on any atom is -0.491 e. The fourth-order valence-corrected chi connectivity index (χ4v) is 6.68. The van der Waals surface area contributed by atoms with E-state index in [-0.39, 0.29) is 24.2 Å². The Balaban J connectivity index is 1.01. The van der Waals surface area contributed by atoms with Crippen LogP contribution in [0.1, 0.15) is 72.0 Å². The number of aliphatic hydroxyl groups excluding tert-OH is 1. The summed E-state index contributed by atoms with van der Waals surface area (Å²) in [5.41, 5.74) is 4.83. The molecule has 1 amide bonds. The Morgan fingerprint density at radius 2 is 1.83 bits per heavy atom. The number of fused-ring (bicyclic) bond motifs is 3. The molecule has 36 heavy (non-hydrogen) atoms. The van der Waals surface area contributed by atoms with Crippen LogP contribution >= 0.6 is 0 Å². The highest BCUT2D eigenvalue weighted by Crippen LogP contribution is 2.37. The Morgan fingerprint density at radius 1 is 1.03 bits per heavy atom. The third-order valence-electron chi connectivity index (χ3n) is 8.64. The number of aryl methyl sites for hydroxylation is 1. The van der Waals surface area contributed by atoms with Crippen LogP contribution in [0.3, 0.4) is 0 Å². The average Bonchev–Trinajstić information content (AvgIpc) is 3.49. The first-order valence-corrected chi connectivity index (χ1v) is 13.8. The number of aliphatic hydroxyl groups is 1. The number of ether oxygens (including phenoxy) is 2. The number of amides is 1. The van der Waals surface area contributed by atoms with Crippen LogP contribution in [-0.2, 0) is 24.1 Å². The van der Waals surface area contributed by atoms with Crippen LogP contribution in [0.15, 0.2) is 42.5 Å². The van der Waals surface area contributed by atoms with Gasteiger partial charge in [-0.05, 0) is 98.7 Å². The predicted molar refractivity (Wildman–Crippen MR) is 138 cm³/mol. The lowest BCUT2D eigenvalue weighted by Gasteiger charge is -2.37. The van der Waals surface area contributed by atoms with Gasteiger partial charge in [-0.25, -0.2) is 0 Å². The van der Waals surface area contributed by atoms with E-state index in [0.29, 0.717) is 24.3 Å². The zero-order chi connectivity index (χ0) is 24.5. The first-order chi connectivity index (χ1) is 17.6. The van der Waals surface area contributed by atoms with Crippen molar-refractivity contribution in [2.75, 3.05) is 13.2 Å². The van der Waals surface area contributed by atoms with Crippen molar-refractivity contribution in [2.24, 2.45) is 0 Å². The van der Waals surface area contributed by atoms with Gasteiger partial charge in [0.05, 0.1) is 12.2 Å². The fraction of sp³-hybridized carbons (Fsp3) is 0.567. The van der Waals surface area contributed by atoms with Crippen LogP contribution in [0.25, 0.3) is 0 Å². The van der Waals surface area contributed by atoms with Crippen LogP contribution in [0.4, 0.5) is 0 Å². The molecule has 6 rings (SSSR count). The molecular weight excluding hydrogens is 452 g/mol. The summed E-state index contributed by atoms with van der Waals surface area (Å²) in [7, 11) is 0. The molecule has 2 bridgehead atoms. The predicted octanol–water partition coefficient (Wildman–Crippen LogP) is 4.02. The average molecular weight is 491 g/mol. The van der Waals surface area contributed by atoms with Gasteiger partial charge < -0.3 is 19.9 Å². The van der Waals surface area contributed by atoms with Crippen molar-refractivity contribution in [3.05, 3.63) is 64.7 Å². The molecule has 1 aliphatic carbocycles. The van der Waals surface area contributed by atoms with Crippen molar-refractivity contribution in [1.29, 1.82) is 0 Å². The van der Waals surface area contributed by atoms with E-state index in [1.54, 1.807) is 0 Å². The Kier molecular flexibility index (Phi) is 7.00. The molecule has 3 saturated heterocycles. The number of carbonyl (C=O) groups is 1. The van der Waals surface area contributed by atoms with Crippen LogP contribution in [0, 0.1) is 0 Å². The second kappa shape index (κ2) is 10.5. The molecule has 3 aliphatic heterocycles. The van der Waals surface area contributed by atoms with Crippen LogP contribution in [0.2, 0.25) is 0 Å². The second-order valence-corrected chi connectivity index (χ2v) is 11.2. The Hall–Kier alpha value is -2.41. The molecular formula is C30H38N2O4. The molecule has 3 fully saturated rings. The van der Waals surface area contributed by atoms with Crippen molar-refractivity contribution in [1.82, 2.24) is 10.2 Å². The first kappa shape index (κ1) is 24.0. The van der Waals surface area contributed by atoms with Crippen molar-refractivity contribution in [2.45, 2.75) is 94.7 Å². The maximum Gasteiger partial charge on any atom is 0.251 e. The van der Waals surface area contributed by atoms with Gasteiger partial charge >= 0.3 is 0 Å². The zero-order valence-electron chi connectivity index (χ0n) is 21.0. The number of nitrogens with zero attached hydrogens (tertiary/aromatic N) is 1. The number of benzene rings is 2. The third-order valence-corrected chi connectivity index (χ3v) is 8.64. The summed E-state index contributed by atoms with van der Waals surface area (Å²) in [5, 5.41) is 13.3. The van der Waals surface area contributed by atoms with E-state index in [1.165, 1.54) is 29.5 Å². The van der Waals surface area contributed by atoms with E-state index in [4.69, 9.17) is 9.47 Å². The maximum atomic E-state index is 12.9. The Morgan fingerprint density at radius 3 is 2.58 bits per heavy atom. The summed E-state index contributed by atoms with van der Waals surface area (Å²) in [6.45, 7) is 2.38. The lowest BCUT2D eigenvalue weighted by Crippen LogP contribution is -2.44. The number of nitrogens with one attached hydrogen (secondary N) is 1. The Bertz CT molecular complexity index is 1050. The number of piperidine rings is 1. The van der Waals surface area contributed by atoms with Gasteiger partial charge in [0.25, 0.3) is 5.91 Å². The minimum absolute atomic E-state index is 0.0199. The molecule has 2 aromatic carbocycles. The van der Waals surface area contributed by atoms with Gasteiger partial charge in [-0.1, -0.05) is 18.2 Å². The molecule has 6 nitrogen and oxygen atoms in total. The summed E-state index contributed by atoms with van der Waals surface area (Å²) >= 11 is 0. The monoisotopic (exact) mass is 490 g/mol. The van der Waals surface area contributed by atoms with Crippen molar-refractivity contribution < 1.29 is 19.4 Å². The molecule has 192 valence electrons. The topological polar surface area (TPSA) is 71.0 Å². The van der Waals surface area contributed by atoms with Crippen molar-refractivity contribution in [3.63, 3.8) is 0 Å². The van der Waals surface area contributed by atoms with Gasteiger partial charge in [0.2, 0.25) is 0 Å². The summed E-state index contributed by atoms with van der Waals surface area (Å²) in [6.07, 6.45) is 9.36. The molecule has 2 unspecified atom stereocenters. The van der Waals surface area contributed by atoms with E-state index < -0.39 is 0 Å². The summed E-state index contributed by atoms with van der Waals surface area (Å²) in [5.74, 6) is 0.756. The summed E-state index contributed by atoms with van der Waals surface area (Å²) in [6, 6.07) is 15.6. The SMILES string of the molecule is O=C(N[C@H]1CCc2cc(CN3C4CCC3CC(O)C4)ccc2C1)c1ccc(OC[C@@H]2CCCO2)cc1. The molecule has 6 heteroatoms. The van der Waals surface area contributed by atoms with Gasteiger partial charge in [0, 0.05) is 36.8 Å². The molecule has 0 radical (unpaired) electrons. The van der Waals surface area contributed by atoms with Gasteiger partial charge in [0.15, 0.2) is 0 Å². The molecule has 0 saturated carbocycles. The number of hydrogen-bond donors (Lipinski definition) is 2. The van der Waals surface area contributed by atoms with E-state index in [0.717, 1.165) is 63.8 Å². The highest BCUT2D eigenvalue weighted by Gasteiger charge is 2.40. The highest BCUT2D eigenvalue weighted by atomic mass is 16.5.